The molecule has 0 radical (unpaired) electrons. The number of rotatable bonds is 14. The monoisotopic (exact) mass is 973 g/mol. The number of nitrogens with one attached hydrogen (secondary N) is 3. The van der Waals surface area contributed by atoms with Gasteiger partial charge in [-0.3, -0.25) is 39.4 Å². The number of thiazole rings is 1. The van der Waals surface area contributed by atoms with Crippen LogP contribution in [0.4, 0.5) is 16.6 Å². The number of carboxylic acids is 1. The van der Waals surface area contributed by atoms with Crippen LogP contribution < -0.4 is 25.6 Å². The average molecular weight is 974 g/mol. The van der Waals surface area contributed by atoms with E-state index >= 15 is 0 Å². The number of aryl methyl sites for hydroxylation is 2. The lowest BCUT2D eigenvalue weighted by Gasteiger charge is -2.34. The number of carbonyl (C=O) groups is 5. The molecule has 4 amide bonds. The van der Waals surface area contributed by atoms with Gasteiger partial charge in [-0.25, -0.2) is 14.8 Å². The third kappa shape index (κ3) is 10.1. The first-order valence-corrected chi connectivity index (χ1v) is 25.0. The number of anilines is 3. The van der Waals surface area contributed by atoms with Crippen molar-refractivity contribution in [2.75, 3.05) is 48.3 Å². The Morgan fingerprint density at radius 2 is 1.72 bits per heavy atom. The summed E-state index contributed by atoms with van der Waals surface area (Å²) < 4.78 is 8.95. The smallest absolute Gasteiger partial charge is 0.355 e. The van der Waals surface area contributed by atoms with Gasteiger partial charge in [-0.05, 0) is 147 Å². The van der Waals surface area contributed by atoms with Gasteiger partial charge in [0.15, 0.2) is 10.8 Å². The van der Waals surface area contributed by atoms with Gasteiger partial charge in [0.2, 0.25) is 17.7 Å². The summed E-state index contributed by atoms with van der Waals surface area (Å²) in [7, 11) is 1.81. The molecule has 7 aromatic rings. The van der Waals surface area contributed by atoms with Gasteiger partial charge in [-0.15, -0.1) is 0 Å². The van der Waals surface area contributed by atoms with Crippen LogP contribution in [0, 0.1) is 18.8 Å². The number of fused-ring (bicyclic) bond motifs is 3. The van der Waals surface area contributed by atoms with Gasteiger partial charge in [0.05, 0.1) is 40.5 Å². The molecule has 4 N–H and O–H groups in total. The Bertz CT molecular complexity index is 3200. The summed E-state index contributed by atoms with van der Waals surface area (Å²) in [6.45, 7) is 7.72. The highest BCUT2D eigenvalue weighted by Crippen LogP contribution is 2.35. The molecule has 10 rings (SSSR count). The van der Waals surface area contributed by atoms with Crippen LogP contribution in [0.3, 0.4) is 0 Å². The molecule has 16 nitrogen and oxygen atoms in total. The highest BCUT2D eigenvalue weighted by atomic mass is 32.1. The zero-order valence-electron chi connectivity index (χ0n) is 39.9. The number of pyridine rings is 1. The van der Waals surface area contributed by atoms with Crippen LogP contribution >= 0.6 is 11.3 Å². The van der Waals surface area contributed by atoms with E-state index in [1.807, 2.05) is 103 Å². The number of carboxylic acid groups (broad SMARTS) is 1. The standard InChI is InChI=1S/C54H55N9O7S/c1-31(33-19-23-62(24-20-33)30-48(65)55-35-11-13-40-44(28-35)61(3)60-49(40)41-16-18-47(64)58-52(41)67)22-26-70-36-12-14-37(32(2)27-36)38-15-17-46(57-50(38)53(68)69)63-25-21-34-7-6-8-39(42(34)29-63)51(66)59-54-56-43-9-4-5-10-45(43)71-54/h4-15,17,27-28,31,33,41H,16,18-26,29-30H2,1-3H3,(H,55,65)(H,68,69)(H,56,59,66)(H,58,64,67)/t31-,41?/m0/s1. The predicted octanol–water partition coefficient (Wildman–Crippen LogP) is 8.34. The van der Waals surface area contributed by atoms with E-state index in [1.54, 1.807) is 11.7 Å². The van der Waals surface area contributed by atoms with Gasteiger partial charge < -0.3 is 20.1 Å². The summed E-state index contributed by atoms with van der Waals surface area (Å²) in [6, 6.07) is 28.5. The number of aromatic carboxylic acids is 1. The van der Waals surface area contributed by atoms with Crippen LogP contribution in [0.15, 0.2) is 91.0 Å². The molecule has 3 aromatic heterocycles. The Labute approximate surface area is 414 Å². The Kier molecular flexibility index (Phi) is 13.3. The van der Waals surface area contributed by atoms with E-state index in [-0.39, 0.29) is 35.7 Å². The van der Waals surface area contributed by atoms with E-state index in [1.165, 1.54) is 11.3 Å². The minimum Gasteiger partial charge on any atom is -0.494 e. The number of nitrogens with zero attached hydrogens (tertiary/aromatic N) is 6. The lowest BCUT2D eigenvalue weighted by atomic mass is 9.84. The van der Waals surface area contributed by atoms with Crippen molar-refractivity contribution < 1.29 is 33.8 Å². The molecular weight excluding hydrogens is 919 g/mol. The molecular formula is C54H55N9O7S. The zero-order chi connectivity index (χ0) is 49.3. The first-order valence-electron chi connectivity index (χ1n) is 24.2. The fraction of sp³-hybridized carbons (Fsp3) is 0.333. The molecule has 0 bridgehead atoms. The molecule has 0 aliphatic carbocycles. The second kappa shape index (κ2) is 20.1. The van der Waals surface area contributed by atoms with Crippen LogP contribution in [0.5, 0.6) is 5.75 Å². The molecule has 2 saturated heterocycles. The minimum atomic E-state index is -1.12. The van der Waals surface area contributed by atoms with E-state index in [0.29, 0.717) is 90.1 Å². The number of likely N-dealkylation sites (tertiary alicyclic amines) is 1. The number of imide groups is 1. The fourth-order valence-corrected chi connectivity index (χ4v) is 11.2. The highest BCUT2D eigenvalue weighted by Gasteiger charge is 2.32. The third-order valence-electron chi connectivity index (χ3n) is 14.3. The average Bonchev–Trinajstić information content (AvgIpc) is 3.92. The second-order valence-electron chi connectivity index (χ2n) is 18.9. The summed E-state index contributed by atoms with van der Waals surface area (Å²) >= 11 is 1.43. The molecule has 2 fully saturated rings. The molecule has 17 heteroatoms. The number of aromatic nitrogens is 4. The van der Waals surface area contributed by atoms with Crippen LogP contribution in [0.25, 0.3) is 32.2 Å². The van der Waals surface area contributed by atoms with Gasteiger partial charge in [0.25, 0.3) is 5.91 Å². The molecule has 6 heterocycles. The fourth-order valence-electron chi connectivity index (χ4n) is 10.4. The molecule has 4 aromatic carbocycles. The summed E-state index contributed by atoms with van der Waals surface area (Å²) in [4.78, 5) is 77.2. The molecule has 71 heavy (non-hydrogen) atoms. The van der Waals surface area contributed by atoms with Crippen molar-refractivity contribution in [2.45, 2.75) is 64.8 Å². The molecule has 2 atom stereocenters. The van der Waals surface area contributed by atoms with Crippen LogP contribution in [0.2, 0.25) is 0 Å². The Morgan fingerprint density at radius 1 is 0.901 bits per heavy atom. The molecule has 3 aliphatic heterocycles. The number of hydrogen-bond acceptors (Lipinski definition) is 12. The van der Waals surface area contributed by atoms with Crippen LogP contribution in [0.1, 0.15) is 88.2 Å². The van der Waals surface area contributed by atoms with Gasteiger partial charge in [0.1, 0.15) is 11.6 Å². The Hall–Kier alpha value is -7.50. The van der Waals surface area contributed by atoms with E-state index in [9.17, 15) is 29.1 Å². The molecule has 1 unspecified atom stereocenters. The Morgan fingerprint density at radius 3 is 2.51 bits per heavy atom. The SMILES string of the molecule is Cc1cc(OCC[C@H](C)C2CCN(CC(=O)Nc3ccc4c(C5CCC(=O)NC5=O)nn(C)c4c3)CC2)ccc1-c1ccc(N2CCc3cccc(C(=O)Nc4nc5ccccc5s4)c3C2)nc1C(=O)O. The number of para-hydroxylation sites is 1. The lowest BCUT2D eigenvalue weighted by molar-refractivity contribution is -0.134. The molecule has 0 saturated carbocycles. The number of hydrogen-bond donors (Lipinski definition) is 4. The quantitative estimate of drug-likeness (QED) is 0.0761. The van der Waals surface area contributed by atoms with Crippen molar-refractivity contribution in [1.29, 1.82) is 0 Å². The number of carbonyl (C=O) groups excluding carboxylic acids is 4. The molecule has 364 valence electrons. The topological polar surface area (TPSA) is 201 Å². The maximum atomic E-state index is 13.6. The zero-order valence-corrected chi connectivity index (χ0v) is 40.7. The van der Waals surface area contributed by atoms with Crippen LogP contribution in [-0.4, -0.2) is 92.1 Å². The first kappa shape index (κ1) is 47.2. The number of ether oxygens (including phenoxy) is 1. The van der Waals surface area contributed by atoms with Gasteiger partial charge >= 0.3 is 5.97 Å². The largest absolute Gasteiger partial charge is 0.494 e. The van der Waals surface area contributed by atoms with Gasteiger partial charge in [-0.2, -0.15) is 5.10 Å². The normalized spacial score (nSPS) is 16.9. The number of amides is 4. The maximum absolute atomic E-state index is 13.6. The number of piperidine rings is 2. The summed E-state index contributed by atoms with van der Waals surface area (Å²) in [6.07, 6.45) is 4.22. The van der Waals surface area contributed by atoms with Crippen molar-refractivity contribution >= 4 is 78.7 Å². The van der Waals surface area contributed by atoms with Gasteiger partial charge in [-0.1, -0.05) is 48.6 Å². The van der Waals surface area contributed by atoms with E-state index in [2.05, 4.69) is 37.9 Å². The third-order valence-corrected chi connectivity index (χ3v) is 15.3. The molecule has 0 spiro atoms. The summed E-state index contributed by atoms with van der Waals surface area (Å²) in [5.41, 5.74) is 7.54. The van der Waals surface area contributed by atoms with Crippen molar-refractivity contribution in [3.8, 4) is 16.9 Å². The summed E-state index contributed by atoms with van der Waals surface area (Å²) in [5, 5.41) is 24.8. The van der Waals surface area contributed by atoms with Crippen molar-refractivity contribution in [2.24, 2.45) is 18.9 Å². The molecule has 3 aliphatic rings. The van der Waals surface area contributed by atoms with Gasteiger partial charge in [0, 0.05) is 48.8 Å². The summed E-state index contributed by atoms with van der Waals surface area (Å²) in [5.74, 6) is -0.361. The van der Waals surface area contributed by atoms with Crippen molar-refractivity contribution in [1.82, 2.24) is 30.0 Å². The Balaban J connectivity index is 0.703. The van der Waals surface area contributed by atoms with E-state index < -0.39 is 11.9 Å². The second-order valence-corrected chi connectivity index (χ2v) is 20.0. The van der Waals surface area contributed by atoms with Crippen molar-refractivity contribution in [3.05, 3.63) is 125 Å². The minimum absolute atomic E-state index is 0.0430. The van der Waals surface area contributed by atoms with Crippen molar-refractivity contribution in [3.63, 3.8) is 0 Å². The number of benzene rings is 4. The van der Waals surface area contributed by atoms with E-state index in [4.69, 9.17) is 9.72 Å². The van der Waals surface area contributed by atoms with Crippen LogP contribution in [-0.2, 0) is 34.4 Å². The van der Waals surface area contributed by atoms with E-state index in [0.717, 1.165) is 75.7 Å². The highest BCUT2D eigenvalue weighted by molar-refractivity contribution is 7.22. The maximum Gasteiger partial charge on any atom is 0.355 e. The lowest BCUT2D eigenvalue weighted by Crippen LogP contribution is -2.40. The predicted molar refractivity (Wildman–Crippen MR) is 273 cm³/mol. The first-order chi connectivity index (χ1) is 34.3.